The average molecular weight is 260 g/mol. The van der Waals surface area contributed by atoms with Crippen LogP contribution >= 0.6 is 0 Å². The first-order valence-electron chi connectivity index (χ1n) is 7.34. The lowest BCUT2D eigenvalue weighted by Gasteiger charge is -2.31. The lowest BCUT2D eigenvalue weighted by atomic mass is 9.95. The first-order chi connectivity index (χ1) is 9.08. The summed E-state index contributed by atoms with van der Waals surface area (Å²) in [4.78, 5) is 2.56. The molecule has 0 aromatic heterocycles. The zero-order valence-electron chi connectivity index (χ0n) is 12.1. The second kappa shape index (κ2) is 4.80. The molecule has 1 aromatic rings. The first-order valence-corrected chi connectivity index (χ1v) is 7.34. The van der Waals surface area contributed by atoms with Crippen LogP contribution in [-0.4, -0.2) is 35.7 Å². The molecule has 104 valence electrons. The van der Waals surface area contributed by atoms with Crippen LogP contribution < -0.4 is 5.32 Å². The predicted molar refractivity (Wildman–Crippen MR) is 77.3 cm³/mol. The van der Waals surface area contributed by atoms with Crippen molar-refractivity contribution in [2.75, 3.05) is 19.6 Å². The SMILES string of the molecule is Cc1ccc(O)c(C(C)N2CC3CNCC3C2C)c1. The van der Waals surface area contributed by atoms with Crippen molar-refractivity contribution >= 4 is 0 Å². The monoisotopic (exact) mass is 260 g/mol. The number of benzene rings is 1. The summed E-state index contributed by atoms with van der Waals surface area (Å²) in [7, 11) is 0. The van der Waals surface area contributed by atoms with Gasteiger partial charge in [0.25, 0.3) is 0 Å². The lowest BCUT2D eigenvalue weighted by Crippen LogP contribution is -2.35. The summed E-state index contributed by atoms with van der Waals surface area (Å²) in [5, 5.41) is 13.6. The van der Waals surface area contributed by atoms with Gasteiger partial charge in [-0.3, -0.25) is 4.90 Å². The maximum atomic E-state index is 10.1. The Bertz CT molecular complexity index is 474. The molecule has 2 heterocycles. The highest BCUT2D eigenvalue weighted by Gasteiger charge is 2.43. The molecule has 3 rings (SSSR count). The summed E-state index contributed by atoms with van der Waals surface area (Å²) in [6.07, 6.45) is 0. The summed E-state index contributed by atoms with van der Waals surface area (Å²) < 4.78 is 0. The molecule has 19 heavy (non-hydrogen) atoms. The van der Waals surface area contributed by atoms with E-state index in [1.807, 2.05) is 12.1 Å². The number of phenols is 1. The van der Waals surface area contributed by atoms with Crippen LogP contribution in [0.2, 0.25) is 0 Å². The van der Waals surface area contributed by atoms with Crippen LogP contribution in [0.4, 0.5) is 0 Å². The molecule has 2 aliphatic rings. The maximum absolute atomic E-state index is 10.1. The number of aryl methyl sites for hydroxylation is 1. The van der Waals surface area contributed by atoms with Crippen LogP contribution in [0, 0.1) is 18.8 Å². The van der Waals surface area contributed by atoms with E-state index in [1.165, 1.54) is 5.56 Å². The molecular weight excluding hydrogens is 236 g/mol. The van der Waals surface area contributed by atoms with Crippen molar-refractivity contribution in [3.8, 4) is 5.75 Å². The summed E-state index contributed by atoms with van der Waals surface area (Å²) in [6, 6.07) is 6.80. The Morgan fingerprint density at radius 1 is 1.37 bits per heavy atom. The molecule has 0 bridgehead atoms. The number of hydrogen-bond donors (Lipinski definition) is 2. The minimum Gasteiger partial charge on any atom is -0.508 e. The topological polar surface area (TPSA) is 35.5 Å². The highest BCUT2D eigenvalue weighted by molar-refractivity contribution is 5.38. The van der Waals surface area contributed by atoms with E-state index in [4.69, 9.17) is 0 Å². The molecule has 0 radical (unpaired) electrons. The van der Waals surface area contributed by atoms with Crippen molar-refractivity contribution in [1.29, 1.82) is 0 Å². The molecule has 2 fully saturated rings. The Morgan fingerprint density at radius 2 is 2.16 bits per heavy atom. The van der Waals surface area contributed by atoms with Gasteiger partial charge in [0.05, 0.1) is 0 Å². The fraction of sp³-hybridized carbons (Fsp3) is 0.625. The van der Waals surface area contributed by atoms with E-state index in [0.717, 1.165) is 37.0 Å². The average Bonchev–Trinajstić information content (AvgIpc) is 2.95. The van der Waals surface area contributed by atoms with Gasteiger partial charge in [0.1, 0.15) is 5.75 Å². The molecule has 3 nitrogen and oxygen atoms in total. The van der Waals surface area contributed by atoms with Crippen LogP contribution in [0.15, 0.2) is 18.2 Å². The molecule has 1 aromatic carbocycles. The van der Waals surface area contributed by atoms with Crippen molar-refractivity contribution in [1.82, 2.24) is 10.2 Å². The Hall–Kier alpha value is -1.06. The predicted octanol–water partition coefficient (Wildman–Crippen LogP) is 2.30. The number of hydrogen-bond acceptors (Lipinski definition) is 3. The van der Waals surface area contributed by atoms with E-state index in [9.17, 15) is 5.11 Å². The quantitative estimate of drug-likeness (QED) is 0.856. The van der Waals surface area contributed by atoms with Crippen LogP contribution in [0.25, 0.3) is 0 Å². The third-order valence-electron chi connectivity index (χ3n) is 5.11. The second-order valence-electron chi connectivity index (χ2n) is 6.26. The van der Waals surface area contributed by atoms with Crippen molar-refractivity contribution in [3.05, 3.63) is 29.3 Å². The molecule has 0 amide bonds. The third-order valence-corrected chi connectivity index (χ3v) is 5.11. The molecule has 3 heteroatoms. The van der Waals surface area contributed by atoms with Gasteiger partial charge in [-0.15, -0.1) is 0 Å². The number of rotatable bonds is 2. The van der Waals surface area contributed by atoms with Gasteiger partial charge >= 0.3 is 0 Å². The van der Waals surface area contributed by atoms with Crippen molar-refractivity contribution in [3.63, 3.8) is 0 Å². The molecular formula is C16H24N2O. The molecule has 4 unspecified atom stereocenters. The molecule has 0 saturated carbocycles. The Morgan fingerprint density at radius 3 is 2.89 bits per heavy atom. The van der Waals surface area contributed by atoms with Gasteiger partial charge in [0.15, 0.2) is 0 Å². The minimum atomic E-state index is 0.292. The van der Waals surface area contributed by atoms with Gasteiger partial charge in [0, 0.05) is 24.2 Å². The van der Waals surface area contributed by atoms with Crippen molar-refractivity contribution in [2.45, 2.75) is 32.9 Å². The Balaban J connectivity index is 1.84. The number of nitrogens with one attached hydrogen (secondary N) is 1. The first kappa shape index (κ1) is 12.9. The van der Waals surface area contributed by atoms with E-state index in [1.54, 1.807) is 0 Å². The standard InChI is InChI=1S/C16H24N2O/c1-10-4-5-16(19)14(6-10)11(2)18-9-13-7-17-8-15(13)12(18)3/h4-6,11-13,15,17,19H,7-9H2,1-3H3. The Kier molecular flexibility index (Phi) is 3.27. The van der Waals surface area contributed by atoms with E-state index < -0.39 is 0 Å². The van der Waals surface area contributed by atoms with Crippen LogP contribution in [0.1, 0.15) is 31.0 Å². The molecule has 2 saturated heterocycles. The lowest BCUT2D eigenvalue weighted by molar-refractivity contribution is 0.179. The molecule has 0 aliphatic carbocycles. The second-order valence-corrected chi connectivity index (χ2v) is 6.26. The third kappa shape index (κ3) is 2.15. The van der Waals surface area contributed by atoms with E-state index in [-0.39, 0.29) is 0 Å². The van der Waals surface area contributed by atoms with Gasteiger partial charge in [-0.05, 0) is 51.8 Å². The fourth-order valence-corrected chi connectivity index (χ4v) is 3.90. The number of aromatic hydroxyl groups is 1. The zero-order valence-corrected chi connectivity index (χ0v) is 12.1. The van der Waals surface area contributed by atoms with Gasteiger partial charge < -0.3 is 10.4 Å². The summed E-state index contributed by atoms with van der Waals surface area (Å²) in [5.41, 5.74) is 2.29. The number of fused-ring (bicyclic) bond motifs is 1. The number of likely N-dealkylation sites (tertiary alicyclic amines) is 1. The van der Waals surface area contributed by atoms with Gasteiger partial charge in [-0.1, -0.05) is 17.7 Å². The smallest absolute Gasteiger partial charge is 0.120 e. The summed E-state index contributed by atoms with van der Waals surface area (Å²) in [6.45, 7) is 10.1. The normalized spacial score (nSPS) is 32.5. The van der Waals surface area contributed by atoms with Crippen LogP contribution in [-0.2, 0) is 0 Å². The van der Waals surface area contributed by atoms with Gasteiger partial charge in [-0.2, -0.15) is 0 Å². The highest BCUT2D eigenvalue weighted by Crippen LogP contribution is 2.39. The fourth-order valence-electron chi connectivity index (χ4n) is 3.90. The van der Waals surface area contributed by atoms with Gasteiger partial charge in [-0.25, -0.2) is 0 Å². The maximum Gasteiger partial charge on any atom is 0.120 e. The van der Waals surface area contributed by atoms with E-state index in [2.05, 4.69) is 37.1 Å². The molecule has 2 aliphatic heterocycles. The van der Waals surface area contributed by atoms with E-state index >= 15 is 0 Å². The summed E-state index contributed by atoms with van der Waals surface area (Å²) in [5.74, 6) is 1.99. The van der Waals surface area contributed by atoms with E-state index in [0.29, 0.717) is 17.8 Å². The minimum absolute atomic E-state index is 0.292. The molecule has 4 atom stereocenters. The largest absolute Gasteiger partial charge is 0.508 e. The Labute approximate surface area is 115 Å². The molecule has 0 spiro atoms. The highest BCUT2D eigenvalue weighted by atomic mass is 16.3. The molecule has 2 N–H and O–H groups in total. The number of nitrogens with zero attached hydrogens (tertiary/aromatic N) is 1. The number of phenolic OH excluding ortho intramolecular Hbond substituents is 1. The van der Waals surface area contributed by atoms with Crippen LogP contribution in [0.5, 0.6) is 5.75 Å². The van der Waals surface area contributed by atoms with Crippen molar-refractivity contribution < 1.29 is 5.11 Å². The zero-order chi connectivity index (χ0) is 13.6. The van der Waals surface area contributed by atoms with Gasteiger partial charge in [0.2, 0.25) is 0 Å². The van der Waals surface area contributed by atoms with Crippen LogP contribution in [0.3, 0.4) is 0 Å². The summed E-state index contributed by atoms with van der Waals surface area (Å²) >= 11 is 0. The van der Waals surface area contributed by atoms with Crippen molar-refractivity contribution in [2.24, 2.45) is 11.8 Å².